The second-order valence-corrected chi connectivity index (χ2v) is 5.15. The van der Waals surface area contributed by atoms with Crippen LogP contribution in [0.3, 0.4) is 0 Å². The highest BCUT2D eigenvalue weighted by Gasteiger charge is 2.07. The Morgan fingerprint density at radius 2 is 2.18 bits per heavy atom. The maximum absolute atomic E-state index is 11.9. The third-order valence-corrected chi connectivity index (χ3v) is 3.71. The molecule has 1 atom stereocenters. The van der Waals surface area contributed by atoms with Crippen molar-refractivity contribution in [1.82, 2.24) is 0 Å². The molecule has 0 heterocycles. The van der Waals surface area contributed by atoms with Gasteiger partial charge in [0.05, 0.1) is 16.4 Å². The van der Waals surface area contributed by atoms with E-state index in [1.54, 1.807) is 19.2 Å². The van der Waals surface area contributed by atoms with E-state index in [9.17, 15) is 9.00 Å². The Balaban J connectivity index is 2.56. The van der Waals surface area contributed by atoms with Gasteiger partial charge in [-0.3, -0.25) is 4.21 Å². The lowest BCUT2D eigenvalue weighted by molar-refractivity contribution is 0.0696. The van der Waals surface area contributed by atoms with Gasteiger partial charge in [-0.1, -0.05) is 6.07 Å². The summed E-state index contributed by atoms with van der Waals surface area (Å²) < 4.78 is 16.8. The first kappa shape index (κ1) is 13.9. The number of carboxylic acid groups (broad SMARTS) is 1. The second kappa shape index (κ2) is 7.19. The summed E-state index contributed by atoms with van der Waals surface area (Å²) >= 11 is 0. The van der Waals surface area contributed by atoms with E-state index >= 15 is 0 Å². The maximum Gasteiger partial charge on any atom is 0.335 e. The van der Waals surface area contributed by atoms with Crippen molar-refractivity contribution in [2.24, 2.45) is 0 Å². The number of methoxy groups -OCH3 is 1. The minimum absolute atomic E-state index is 0.174. The predicted octanol–water partition coefficient (Wildman–Crippen LogP) is 1.92. The van der Waals surface area contributed by atoms with Crippen LogP contribution in [0.5, 0.6) is 0 Å². The molecule has 94 valence electrons. The summed E-state index contributed by atoms with van der Waals surface area (Å²) in [7, 11) is 0.500. The van der Waals surface area contributed by atoms with Crippen molar-refractivity contribution >= 4 is 16.8 Å². The van der Waals surface area contributed by atoms with Crippen LogP contribution in [-0.4, -0.2) is 34.8 Å². The summed E-state index contributed by atoms with van der Waals surface area (Å²) in [5, 5.41) is 8.82. The number of hydrogen-bond donors (Lipinski definition) is 1. The molecule has 0 aliphatic carbocycles. The number of benzene rings is 1. The van der Waals surface area contributed by atoms with E-state index in [0.717, 1.165) is 12.8 Å². The van der Waals surface area contributed by atoms with Crippen LogP contribution in [-0.2, 0) is 15.5 Å². The molecule has 0 fully saturated rings. The van der Waals surface area contributed by atoms with Crippen LogP contribution in [0.2, 0.25) is 0 Å². The Bertz CT molecular complexity index is 403. The van der Waals surface area contributed by atoms with Crippen molar-refractivity contribution < 1.29 is 18.8 Å². The van der Waals surface area contributed by atoms with Crippen LogP contribution in [0.4, 0.5) is 0 Å². The first-order valence-corrected chi connectivity index (χ1v) is 6.67. The molecule has 1 N–H and O–H groups in total. The highest BCUT2D eigenvalue weighted by Crippen LogP contribution is 2.11. The number of ether oxygens (including phenoxy) is 1. The van der Waals surface area contributed by atoms with Gasteiger partial charge in [0, 0.05) is 24.4 Å². The van der Waals surface area contributed by atoms with E-state index in [2.05, 4.69) is 0 Å². The zero-order chi connectivity index (χ0) is 12.7. The van der Waals surface area contributed by atoms with E-state index in [-0.39, 0.29) is 5.56 Å². The molecule has 1 aromatic carbocycles. The SMILES string of the molecule is COCCCCS(=O)c1cccc(C(=O)O)c1. The summed E-state index contributed by atoms with van der Waals surface area (Å²) in [4.78, 5) is 11.3. The van der Waals surface area contributed by atoms with Gasteiger partial charge in [0.2, 0.25) is 0 Å². The Hall–Kier alpha value is -1.20. The molecule has 0 spiro atoms. The monoisotopic (exact) mass is 256 g/mol. The fourth-order valence-corrected chi connectivity index (χ4v) is 2.56. The summed E-state index contributed by atoms with van der Waals surface area (Å²) in [5.41, 5.74) is 0.174. The summed E-state index contributed by atoms with van der Waals surface area (Å²) in [6.07, 6.45) is 1.67. The first-order valence-electron chi connectivity index (χ1n) is 5.36. The highest BCUT2D eigenvalue weighted by atomic mass is 32.2. The van der Waals surface area contributed by atoms with Gasteiger partial charge in [0.25, 0.3) is 0 Å². The van der Waals surface area contributed by atoms with Crippen LogP contribution >= 0.6 is 0 Å². The lowest BCUT2D eigenvalue weighted by Gasteiger charge is -2.03. The summed E-state index contributed by atoms with van der Waals surface area (Å²) in [6.45, 7) is 0.659. The van der Waals surface area contributed by atoms with E-state index in [1.165, 1.54) is 12.1 Å². The predicted molar refractivity (Wildman–Crippen MR) is 65.8 cm³/mol. The molecule has 17 heavy (non-hydrogen) atoms. The standard InChI is InChI=1S/C12H16O4S/c1-16-7-2-3-8-17(15)11-6-4-5-10(9-11)12(13)14/h4-6,9H,2-3,7-8H2,1H3,(H,13,14). The smallest absolute Gasteiger partial charge is 0.335 e. The largest absolute Gasteiger partial charge is 0.478 e. The molecule has 4 nitrogen and oxygen atoms in total. The number of carbonyl (C=O) groups is 1. The van der Waals surface area contributed by atoms with Crippen molar-refractivity contribution in [2.75, 3.05) is 19.5 Å². The van der Waals surface area contributed by atoms with Crippen molar-refractivity contribution in [3.63, 3.8) is 0 Å². The molecule has 1 aromatic rings. The Labute approximate surface area is 103 Å². The average molecular weight is 256 g/mol. The van der Waals surface area contributed by atoms with Gasteiger partial charge in [-0.15, -0.1) is 0 Å². The fourth-order valence-electron chi connectivity index (χ4n) is 1.37. The van der Waals surface area contributed by atoms with Gasteiger partial charge < -0.3 is 9.84 Å². The topological polar surface area (TPSA) is 63.6 Å². The molecular weight excluding hydrogens is 240 g/mol. The quantitative estimate of drug-likeness (QED) is 0.757. The van der Waals surface area contributed by atoms with Crippen LogP contribution in [0, 0.1) is 0 Å². The number of unbranched alkanes of at least 4 members (excludes halogenated alkanes) is 1. The van der Waals surface area contributed by atoms with Gasteiger partial charge in [-0.25, -0.2) is 4.79 Å². The molecular formula is C12H16O4S. The number of rotatable bonds is 7. The third-order valence-electron chi connectivity index (χ3n) is 2.27. The van der Waals surface area contributed by atoms with E-state index in [4.69, 9.17) is 9.84 Å². The normalized spacial score (nSPS) is 12.3. The maximum atomic E-state index is 11.9. The van der Waals surface area contributed by atoms with Gasteiger partial charge in [0.15, 0.2) is 0 Å². The first-order chi connectivity index (χ1) is 8.15. The number of hydrogen-bond acceptors (Lipinski definition) is 3. The minimum atomic E-state index is -1.13. The molecule has 0 saturated heterocycles. The van der Waals surface area contributed by atoms with Crippen molar-refractivity contribution in [1.29, 1.82) is 0 Å². The Morgan fingerprint density at radius 1 is 1.41 bits per heavy atom. The molecule has 0 bridgehead atoms. The lowest BCUT2D eigenvalue weighted by Crippen LogP contribution is -2.02. The highest BCUT2D eigenvalue weighted by molar-refractivity contribution is 7.85. The molecule has 0 radical (unpaired) electrons. The third kappa shape index (κ3) is 4.66. The van der Waals surface area contributed by atoms with Gasteiger partial charge >= 0.3 is 5.97 Å². The van der Waals surface area contributed by atoms with E-state index in [0.29, 0.717) is 17.3 Å². The molecule has 0 aliphatic rings. The molecule has 0 saturated carbocycles. The number of carboxylic acids is 1. The van der Waals surface area contributed by atoms with Crippen molar-refractivity contribution in [2.45, 2.75) is 17.7 Å². The minimum Gasteiger partial charge on any atom is -0.478 e. The van der Waals surface area contributed by atoms with Crippen molar-refractivity contribution in [3.05, 3.63) is 29.8 Å². The molecule has 0 amide bonds. The second-order valence-electron chi connectivity index (χ2n) is 3.58. The summed E-state index contributed by atoms with van der Waals surface area (Å²) in [5.74, 6) is -0.463. The molecule has 5 heteroatoms. The number of aromatic carboxylic acids is 1. The van der Waals surface area contributed by atoms with E-state index in [1.807, 2.05) is 0 Å². The van der Waals surface area contributed by atoms with Crippen LogP contribution in [0.15, 0.2) is 29.2 Å². The van der Waals surface area contributed by atoms with Gasteiger partial charge in [-0.05, 0) is 31.0 Å². The van der Waals surface area contributed by atoms with Crippen LogP contribution in [0.25, 0.3) is 0 Å². The van der Waals surface area contributed by atoms with Crippen molar-refractivity contribution in [3.8, 4) is 0 Å². The summed E-state index contributed by atoms with van der Waals surface area (Å²) in [6, 6.07) is 6.27. The molecule has 0 aliphatic heterocycles. The Kier molecular flexibility index (Phi) is 5.86. The molecule has 1 rings (SSSR count). The average Bonchev–Trinajstić information content (AvgIpc) is 2.34. The fraction of sp³-hybridized carbons (Fsp3) is 0.417. The molecule has 0 aromatic heterocycles. The molecule has 1 unspecified atom stereocenters. The van der Waals surface area contributed by atoms with Gasteiger partial charge in [0.1, 0.15) is 0 Å². The Morgan fingerprint density at radius 3 is 2.82 bits per heavy atom. The van der Waals surface area contributed by atoms with Gasteiger partial charge in [-0.2, -0.15) is 0 Å². The van der Waals surface area contributed by atoms with E-state index < -0.39 is 16.8 Å². The van der Waals surface area contributed by atoms with Crippen LogP contribution in [0.1, 0.15) is 23.2 Å². The zero-order valence-corrected chi connectivity index (χ0v) is 10.5. The zero-order valence-electron chi connectivity index (χ0n) is 9.72. The lowest BCUT2D eigenvalue weighted by atomic mass is 10.2. The van der Waals surface area contributed by atoms with Crippen LogP contribution < -0.4 is 0 Å².